The zero-order chi connectivity index (χ0) is 26.6. The van der Waals surface area contributed by atoms with E-state index in [1.807, 2.05) is 42.5 Å². The third kappa shape index (κ3) is 4.46. The Morgan fingerprint density at radius 1 is 0.846 bits per heavy atom. The molecule has 4 aromatic rings. The van der Waals surface area contributed by atoms with E-state index in [1.165, 1.54) is 19.3 Å². The summed E-state index contributed by atoms with van der Waals surface area (Å²) in [6, 6.07) is 20.5. The fourth-order valence-electron chi connectivity index (χ4n) is 7.53. The number of imidazole rings is 1. The lowest BCUT2D eigenvalue weighted by Gasteiger charge is -2.55. The van der Waals surface area contributed by atoms with E-state index in [9.17, 15) is 9.59 Å². The molecule has 0 saturated heterocycles. The second-order valence-electron chi connectivity index (χ2n) is 11.7. The van der Waals surface area contributed by atoms with Crippen molar-refractivity contribution in [1.29, 1.82) is 0 Å². The minimum absolute atomic E-state index is 0.160. The van der Waals surface area contributed by atoms with Gasteiger partial charge in [-0.25, -0.2) is 4.98 Å². The summed E-state index contributed by atoms with van der Waals surface area (Å²) in [6.45, 7) is 0. The molecule has 0 atom stereocenters. The number of aromatic amines is 1. The predicted octanol–water partition coefficient (Wildman–Crippen LogP) is 6.65. The summed E-state index contributed by atoms with van der Waals surface area (Å²) < 4.78 is 5.16. The number of nitrogens with zero attached hydrogens (tertiary/aromatic N) is 1. The number of fused-ring (bicyclic) bond motifs is 1. The van der Waals surface area contributed by atoms with Crippen LogP contribution in [0.5, 0.6) is 5.75 Å². The molecule has 2 amide bonds. The highest BCUT2D eigenvalue weighted by Crippen LogP contribution is 2.60. The first-order chi connectivity index (χ1) is 19.0. The number of nitrogens with one attached hydrogen (secondary N) is 3. The Morgan fingerprint density at radius 2 is 1.49 bits per heavy atom. The first-order valence-electron chi connectivity index (χ1n) is 13.8. The number of methoxy groups -OCH3 is 1. The number of hydrogen-bond acceptors (Lipinski definition) is 4. The van der Waals surface area contributed by atoms with Gasteiger partial charge in [-0.2, -0.15) is 0 Å². The van der Waals surface area contributed by atoms with Crippen LogP contribution in [-0.4, -0.2) is 28.9 Å². The first-order valence-corrected chi connectivity index (χ1v) is 13.8. The summed E-state index contributed by atoms with van der Waals surface area (Å²) in [6.07, 6.45) is 7.17. The van der Waals surface area contributed by atoms with Crippen LogP contribution < -0.4 is 15.4 Å². The number of H-pyrrole nitrogens is 1. The Balaban J connectivity index is 1.04. The van der Waals surface area contributed by atoms with Gasteiger partial charge in [0.1, 0.15) is 11.6 Å². The van der Waals surface area contributed by atoms with Gasteiger partial charge in [0.2, 0.25) is 5.91 Å². The topological polar surface area (TPSA) is 96.1 Å². The molecule has 4 saturated carbocycles. The molecule has 8 rings (SSSR count). The van der Waals surface area contributed by atoms with E-state index in [4.69, 9.17) is 9.72 Å². The molecule has 4 fully saturated rings. The van der Waals surface area contributed by atoms with Crippen LogP contribution in [0, 0.1) is 23.2 Å². The van der Waals surface area contributed by atoms with E-state index in [1.54, 1.807) is 31.4 Å². The number of rotatable bonds is 6. The number of amides is 2. The van der Waals surface area contributed by atoms with Gasteiger partial charge in [0.05, 0.1) is 23.6 Å². The summed E-state index contributed by atoms with van der Waals surface area (Å²) in [5, 5.41) is 6.17. The maximum Gasteiger partial charge on any atom is 0.255 e. The molecule has 39 heavy (non-hydrogen) atoms. The number of carbonyl (C=O) groups excluding carboxylic acids is 2. The van der Waals surface area contributed by atoms with Crippen molar-refractivity contribution < 1.29 is 14.3 Å². The van der Waals surface area contributed by atoms with Crippen molar-refractivity contribution in [2.75, 3.05) is 17.7 Å². The average Bonchev–Trinajstić information content (AvgIpc) is 3.36. The van der Waals surface area contributed by atoms with Gasteiger partial charge in [0.25, 0.3) is 5.91 Å². The van der Waals surface area contributed by atoms with Crippen molar-refractivity contribution >= 4 is 34.2 Å². The van der Waals surface area contributed by atoms with Crippen LogP contribution in [0.4, 0.5) is 11.4 Å². The molecule has 7 nitrogen and oxygen atoms in total. The highest BCUT2D eigenvalue weighted by atomic mass is 16.5. The van der Waals surface area contributed by atoms with E-state index in [-0.39, 0.29) is 17.2 Å². The van der Waals surface area contributed by atoms with Crippen LogP contribution in [0.15, 0.2) is 66.7 Å². The van der Waals surface area contributed by atoms with Crippen molar-refractivity contribution in [3.05, 3.63) is 72.3 Å². The van der Waals surface area contributed by atoms with Gasteiger partial charge in [-0.05, 0) is 123 Å². The van der Waals surface area contributed by atoms with Crippen molar-refractivity contribution in [2.45, 2.75) is 38.5 Å². The molecule has 1 aromatic heterocycles. The normalized spacial score (nSPS) is 25.0. The van der Waals surface area contributed by atoms with Gasteiger partial charge in [0.15, 0.2) is 0 Å². The summed E-state index contributed by atoms with van der Waals surface area (Å²) in [5.41, 5.74) is 4.48. The monoisotopic (exact) mass is 520 g/mol. The first kappa shape index (κ1) is 23.9. The van der Waals surface area contributed by atoms with Crippen LogP contribution >= 0.6 is 0 Å². The average molecular weight is 521 g/mol. The van der Waals surface area contributed by atoms with E-state index >= 15 is 0 Å². The third-order valence-corrected chi connectivity index (χ3v) is 9.03. The smallest absolute Gasteiger partial charge is 0.255 e. The fourth-order valence-corrected chi connectivity index (χ4v) is 7.53. The standard InChI is InChI=1S/C32H32N4O3/c1-39-26-9-4-23(5-10-26)30(37)33-25-8-11-27-28(15-25)36-29(35-27)22-2-6-24(7-3-22)34-31(38)32-16-19-12-20(17-32)14-21(13-19)18-32/h2-11,15,19-21H,12-14,16-18H2,1H3,(H,33,37)(H,34,38)(H,35,36). The van der Waals surface area contributed by atoms with Gasteiger partial charge in [0, 0.05) is 22.5 Å². The zero-order valence-electron chi connectivity index (χ0n) is 22.0. The summed E-state index contributed by atoms with van der Waals surface area (Å²) in [5.74, 6) is 3.69. The second-order valence-corrected chi connectivity index (χ2v) is 11.7. The SMILES string of the molecule is COc1ccc(C(=O)Nc2ccc3nc(-c4ccc(NC(=O)C56CC7CC(CC(C7)C5)C6)cc4)[nH]c3c2)cc1. The van der Waals surface area contributed by atoms with Crippen molar-refractivity contribution in [3.8, 4) is 17.1 Å². The molecule has 3 aromatic carbocycles. The molecule has 4 bridgehead atoms. The molecular formula is C32H32N4O3. The Hall–Kier alpha value is -4.13. The van der Waals surface area contributed by atoms with Crippen molar-refractivity contribution in [1.82, 2.24) is 9.97 Å². The van der Waals surface area contributed by atoms with Gasteiger partial charge in [-0.15, -0.1) is 0 Å². The molecule has 0 aliphatic heterocycles. The molecule has 0 radical (unpaired) electrons. The minimum atomic E-state index is -0.192. The Bertz CT molecular complexity index is 1520. The highest BCUT2D eigenvalue weighted by Gasteiger charge is 2.54. The molecule has 7 heteroatoms. The maximum absolute atomic E-state index is 13.4. The van der Waals surface area contributed by atoms with E-state index in [0.717, 1.165) is 65.1 Å². The summed E-state index contributed by atoms with van der Waals surface area (Å²) in [4.78, 5) is 34.1. The summed E-state index contributed by atoms with van der Waals surface area (Å²) in [7, 11) is 1.60. The van der Waals surface area contributed by atoms with Crippen LogP contribution in [0.3, 0.4) is 0 Å². The lowest BCUT2D eigenvalue weighted by Crippen LogP contribution is -2.51. The molecule has 198 valence electrons. The molecule has 4 aliphatic rings. The Morgan fingerprint density at radius 3 is 2.13 bits per heavy atom. The van der Waals surface area contributed by atoms with Gasteiger partial charge in [-0.3, -0.25) is 9.59 Å². The number of aromatic nitrogens is 2. The van der Waals surface area contributed by atoms with Crippen molar-refractivity contribution in [3.63, 3.8) is 0 Å². The predicted molar refractivity (Wildman–Crippen MR) is 152 cm³/mol. The Labute approximate surface area is 227 Å². The number of hydrogen-bond donors (Lipinski definition) is 3. The lowest BCUT2D eigenvalue weighted by molar-refractivity contribution is -0.140. The van der Waals surface area contributed by atoms with Crippen molar-refractivity contribution in [2.24, 2.45) is 23.2 Å². The van der Waals surface area contributed by atoms with Crippen LogP contribution in [0.2, 0.25) is 0 Å². The van der Waals surface area contributed by atoms with Crippen LogP contribution in [0.1, 0.15) is 48.9 Å². The number of anilines is 2. The van der Waals surface area contributed by atoms with Gasteiger partial charge >= 0.3 is 0 Å². The molecule has 4 aliphatic carbocycles. The van der Waals surface area contributed by atoms with Crippen LogP contribution in [0.25, 0.3) is 22.4 Å². The number of benzene rings is 3. The number of carbonyl (C=O) groups is 2. The molecule has 3 N–H and O–H groups in total. The third-order valence-electron chi connectivity index (χ3n) is 9.03. The van der Waals surface area contributed by atoms with Gasteiger partial charge in [-0.1, -0.05) is 0 Å². The molecule has 0 spiro atoms. The zero-order valence-corrected chi connectivity index (χ0v) is 22.0. The Kier molecular flexibility index (Phi) is 5.69. The fraction of sp³-hybridized carbons (Fsp3) is 0.344. The largest absolute Gasteiger partial charge is 0.497 e. The minimum Gasteiger partial charge on any atom is -0.497 e. The maximum atomic E-state index is 13.4. The number of ether oxygens (including phenoxy) is 1. The van der Waals surface area contributed by atoms with E-state index in [0.29, 0.717) is 17.0 Å². The lowest BCUT2D eigenvalue weighted by atomic mass is 9.49. The van der Waals surface area contributed by atoms with E-state index in [2.05, 4.69) is 15.6 Å². The van der Waals surface area contributed by atoms with Crippen LogP contribution in [-0.2, 0) is 4.79 Å². The molecule has 1 heterocycles. The van der Waals surface area contributed by atoms with E-state index < -0.39 is 0 Å². The quantitative estimate of drug-likeness (QED) is 0.265. The molecular weight excluding hydrogens is 488 g/mol. The second kappa shape index (κ2) is 9.26. The summed E-state index contributed by atoms with van der Waals surface area (Å²) >= 11 is 0. The van der Waals surface area contributed by atoms with Gasteiger partial charge < -0.3 is 20.4 Å². The highest BCUT2D eigenvalue weighted by molar-refractivity contribution is 6.05. The molecule has 0 unspecified atom stereocenters.